The van der Waals surface area contributed by atoms with Crippen molar-refractivity contribution in [3.05, 3.63) is 12.7 Å². The fourth-order valence-corrected chi connectivity index (χ4v) is 3.31. The quantitative estimate of drug-likeness (QED) is 0.143. The lowest BCUT2D eigenvalue weighted by atomic mass is 10.1. The number of hydrogen-bond donors (Lipinski definition) is 0. The largest absolute Gasteiger partial charge is 0.463 e. The first-order valence-electron chi connectivity index (χ1n) is 8.16. The van der Waals surface area contributed by atoms with Crippen molar-refractivity contribution in [1.82, 2.24) is 0 Å². The molecule has 0 rings (SSSR count). The van der Waals surface area contributed by atoms with E-state index in [1.165, 1.54) is 69.9 Å². The van der Waals surface area contributed by atoms with Crippen molar-refractivity contribution in [1.29, 1.82) is 0 Å². The van der Waals surface area contributed by atoms with E-state index < -0.39 is 0 Å². The molecule has 0 unspecified atom stereocenters. The third-order valence-electron chi connectivity index (χ3n) is 3.44. The van der Waals surface area contributed by atoms with Gasteiger partial charge in [0.1, 0.15) is 8.83 Å². The van der Waals surface area contributed by atoms with Crippen LogP contribution in [0.25, 0.3) is 0 Å². The van der Waals surface area contributed by atoms with Crippen molar-refractivity contribution in [2.24, 2.45) is 0 Å². The van der Waals surface area contributed by atoms with Crippen LogP contribution in [-0.4, -0.2) is 21.4 Å². The van der Waals surface area contributed by atoms with Gasteiger partial charge in [-0.05, 0) is 12.5 Å². The summed E-state index contributed by atoms with van der Waals surface area (Å²) in [6.45, 7) is 3.90. The molecule has 0 fully saturated rings. The zero-order valence-electron chi connectivity index (χ0n) is 12.9. The molecule has 0 radical (unpaired) electrons. The number of carbonyl (C=O) groups is 1. The van der Waals surface area contributed by atoms with Crippen LogP contribution in [0, 0.1) is 0 Å². The Labute approximate surface area is 131 Å². The lowest BCUT2D eigenvalue weighted by Gasteiger charge is -2.03. The van der Waals surface area contributed by atoms with Crippen LogP contribution >= 0.6 is 11.1 Å². The Kier molecular flexibility index (Phi) is 16.5. The third-order valence-corrected chi connectivity index (χ3v) is 5.01. The molecule has 0 saturated carbocycles. The van der Waals surface area contributed by atoms with Gasteiger partial charge in [-0.15, -0.1) is 0 Å². The first-order chi connectivity index (χ1) is 9.81. The van der Waals surface area contributed by atoms with Crippen molar-refractivity contribution in [2.45, 2.75) is 76.7 Å². The third kappa shape index (κ3) is 15.8. The Morgan fingerprint density at radius 1 is 0.900 bits per heavy atom. The Morgan fingerprint density at radius 2 is 1.35 bits per heavy atom. The Bertz CT molecular complexity index is 235. The first kappa shape index (κ1) is 19.7. The van der Waals surface area contributed by atoms with E-state index in [1.807, 2.05) is 0 Å². The number of hydrogen-bond acceptors (Lipinski definition) is 2. The van der Waals surface area contributed by atoms with E-state index in [-0.39, 0.29) is 14.8 Å². The zero-order chi connectivity index (χ0) is 14.9. The van der Waals surface area contributed by atoms with Gasteiger partial charge in [0.15, 0.2) is 0 Å². The fraction of sp³-hybridized carbons (Fsp3) is 0.812. The van der Waals surface area contributed by atoms with Gasteiger partial charge >= 0.3 is 5.97 Å². The highest BCUT2D eigenvalue weighted by molar-refractivity contribution is 6.93. The monoisotopic (exact) mass is 318 g/mol. The van der Waals surface area contributed by atoms with Gasteiger partial charge < -0.3 is 4.74 Å². The summed E-state index contributed by atoms with van der Waals surface area (Å²) in [6.07, 6.45) is 15.5. The van der Waals surface area contributed by atoms with Crippen LogP contribution in [-0.2, 0) is 9.53 Å². The molecule has 0 aromatic carbocycles. The maximum absolute atomic E-state index is 10.8. The zero-order valence-corrected chi connectivity index (χ0v) is 15.0. The molecule has 0 bridgehead atoms. The maximum atomic E-state index is 10.8. The summed E-state index contributed by atoms with van der Waals surface area (Å²) >= 11 is 5.78. The minimum Gasteiger partial charge on any atom is -0.463 e. The SMILES string of the molecule is C=CC(=O)OCCCCCCCCCCCCC[SiH2]Cl. The fourth-order valence-electron chi connectivity index (χ4n) is 2.20. The molecular weight excluding hydrogens is 288 g/mol. The summed E-state index contributed by atoms with van der Waals surface area (Å²) in [5.74, 6) is -0.307. The van der Waals surface area contributed by atoms with Crippen molar-refractivity contribution >= 4 is 25.9 Å². The number of unbranched alkanes of at least 4 members (excludes halogenated alkanes) is 10. The van der Waals surface area contributed by atoms with Crippen molar-refractivity contribution < 1.29 is 9.53 Å². The van der Waals surface area contributed by atoms with Gasteiger partial charge in [-0.3, -0.25) is 0 Å². The molecule has 0 aromatic rings. The van der Waals surface area contributed by atoms with E-state index in [2.05, 4.69) is 6.58 Å². The number of esters is 1. The smallest absolute Gasteiger partial charge is 0.330 e. The van der Waals surface area contributed by atoms with Gasteiger partial charge in [0.05, 0.1) is 6.61 Å². The molecule has 2 nitrogen and oxygen atoms in total. The van der Waals surface area contributed by atoms with Crippen LogP contribution in [0.1, 0.15) is 70.6 Å². The van der Waals surface area contributed by atoms with Crippen LogP contribution in [0.5, 0.6) is 0 Å². The number of carbonyl (C=O) groups excluding carboxylic acids is 1. The van der Waals surface area contributed by atoms with Gasteiger partial charge in [0.2, 0.25) is 0 Å². The normalized spacial score (nSPS) is 11.1. The lowest BCUT2D eigenvalue weighted by Crippen LogP contribution is -2.01. The van der Waals surface area contributed by atoms with Crippen LogP contribution in [0.15, 0.2) is 12.7 Å². The van der Waals surface area contributed by atoms with E-state index in [0.29, 0.717) is 6.61 Å². The predicted molar refractivity (Wildman–Crippen MR) is 91.1 cm³/mol. The summed E-state index contributed by atoms with van der Waals surface area (Å²) in [5, 5.41) is 0. The average Bonchev–Trinajstić information content (AvgIpc) is 2.47. The van der Waals surface area contributed by atoms with E-state index >= 15 is 0 Å². The second-order valence-corrected chi connectivity index (χ2v) is 7.52. The molecule has 0 aliphatic rings. The van der Waals surface area contributed by atoms with Gasteiger partial charge in [-0.25, -0.2) is 4.79 Å². The summed E-state index contributed by atoms with van der Waals surface area (Å²) in [6, 6.07) is 1.31. The molecule has 4 heteroatoms. The molecule has 0 atom stereocenters. The van der Waals surface area contributed by atoms with Gasteiger partial charge in [0.25, 0.3) is 0 Å². The number of rotatable bonds is 15. The predicted octanol–water partition coefficient (Wildman–Crippen LogP) is 4.75. The highest BCUT2D eigenvalue weighted by Crippen LogP contribution is 2.12. The summed E-state index contributed by atoms with van der Waals surface area (Å²) in [4.78, 5) is 10.8. The van der Waals surface area contributed by atoms with Crippen LogP contribution in [0.3, 0.4) is 0 Å². The van der Waals surface area contributed by atoms with E-state index in [9.17, 15) is 4.79 Å². The summed E-state index contributed by atoms with van der Waals surface area (Å²) < 4.78 is 4.93. The molecule has 118 valence electrons. The Morgan fingerprint density at radius 3 is 1.80 bits per heavy atom. The van der Waals surface area contributed by atoms with Gasteiger partial charge in [-0.2, -0.15) is 11.1 Å². The molecule has 0 aromatic heterocycles. The number of ether oxygens (including phenoxy) is 1. The molecule has 0 aliphatic carbocycles. The molecule has 0 heterocycles. The highest BCUT2D eigenvalue weighted by atomic mass is 35.6. The molecule has 0 aliphatic heterocycles. The first-order valence-corrected chi connectivity index (χ1v) is 11.3. The topological polar surface area (TPSA) is 26.3 Å². The lowest BCUT2D eigenvalue weighted by molar-refractivity contribution is -0.137. The summed E-state index contributed by atoms with van der Waals surface area (Å²) in [5.41, 5.74) is 0. The maximum Gasteiger partial charge on any atom is 0.330 e. The second-order valence-electron chi connectivity index (χ2n) is 5.30. The Hall–Kier alpha value is -0.283. The molecule has 0 N–H and O–H groups in total. The minimum absolute atomic E-state index is 0.212. The summed E-state index contributed by atoms with van der Waals surface area (Å²) in [7, 11) is -0.212. The van der Waals surface area contributed by atoms with E-state index in [0.717, 1.165) is 12.8 Å². The second kappa shape index (κ2) is 16.8. The van der Waals surface area contributed by atoms with Crippen molar-refractivity contribution in [2.75, 3.05) is 6.61 Å². The van der Waals surface area contributed by atoms with Crippen LogP contribution < -0.4 is 0 Å². The van der Waals surface area contributed by atoms with Crippen LogP contribution in [0.2, 0.25) is 6.04 Å². The van der Waals surface area contributed by atoms with Crippen molar-refractivity contribution in [3.8, 4) is 0 Å². The van der Waals surface area contributed by atoms with Crippen LogP contribution in [0.4, 0.5) is 0 Å². The van der Waals surface area contributed by atoms with E-state index in [1.54, 1.807) is 0 Å². The molecule has 0 saturated heterocycles. The Balaban J connectivity index is 2.99. The van der Waals surface area contributed by atoms with Crippen molar-refractivity contribution in [3.63, 3.8) is 0 Å². The molecule has 0 spiro atoms. The number of halogens is 1. The minimum atomic E-state index is -0.307. The van der Waals surface area contributed by atoms with Gasteiger partial charge in [0, 0.05) is 6.08 Å². The van der Waals surface area contributed by atoms with Gasteiger partial charge in [-0.1, -0.05) is 70.8 Å². The molecular formula is C16H31ClO2Si. The highest BCUT2D eigenvalue weighted by Gasteiger charge is 1.96. The molecule has 20 heavy (non-hydrogen) atoms. The average molecular weight is 319 g/mol. The van der Waals surface area contributed by atoms with E-state index in [4.69, 9.17) is 15.8 Å². The molecule has 0 amide bonds. The standard InChI is InChI=1S/C16H31ClO2Si/c1-2-16(18)19-14-12-10-8-6-4-3-5-7-9-11-13-15-20-17/h2H,1,3-15,20H2.